The van der Waals surface area contributed by atoms with Crippen molar-refractivity contribution < 1.29 is 22.7 Å². The molecule has 0 saturated carbocycles. The smallest absolute Gasteiger partial charge is 0.338 e. The molecule has 0 radical (unpaired) electrons. The fourth-order valence-electron chi connectivity index (χ4n) is 2.94. The molecule has 0 amide bonds. The second-order valence-corrected chi connectivity index (χ2v) is 8.75. The second kappa shape index (κ2) is 9.33. The van der Waals surface area contributed by atoms with Gasteiger partial charge in [-0.2, -0.15) is 4.31 Å². The summed E-state index contributed by atoms with van der Waals surface area (Å²) in [5, 5.41) is 0. The van der Waals surface area contributed by atoms with Crippen molar-refractivity contribution in [3.63, 3.8) is 0 Å². The van der Waals surface area contributed by atoms with E-state index in [4.69, 9.17) is 4.74 Å². The minimum Gasteiger partial charge on any atom is -0.451 e. The highest BCUT2D eigenvalue weighted by molar-refractivity contribution is 7.89. The molecule has 0 N–H and O–H groups in total. The standard InChI is InChI=1S/C22H27NO5S/c1-6-23(7-2)29(26,27)20-14-19(13-10-16(20)4)22(25)28-17(5)21(24)18-11-8-15(3)9-12-18/h8-14,17H,6-7H2,1-5H3/t17-/m0/s1. The van der Waals surface area contributed by atoms with Gasteiger partial charge in [-0.05, 0) is 38.5 Å². The molecule has 156 valence electrons. The molecule has 7 heteroatoms. The number of ketones is 1. The van der Waals surface area contributed by atoms with Gasteiger partial charge in [-0.15, -0.1) is 0 Å². The molecule has 1 atom stereocenters. The van der Waals surface area contributed by atoms with Crippen molar-refractivity contribution in [1.29, 1.82) is 0 Å². The Morgan fingerprint density at radius 2 is 1.52 bits per heavy atom. The van der Waals surface area contributed by atoms with Crippen LogP contribution in [0.2, 0.25) is 0 Å². The highest BCUT2D eigenvalue weighted by Gasteiger charge is 2.26. The Hall–Kier alpha value is -2.51. The lowest BCUT2D eigenvalue weighted by Gasteiger charge is -2.20. The maximum Gasteiger partial charge on any atom is 0.338 e. The molecule has 29 heavy (non-hydrogen) atoms. The summed E-state index contributed by atoms with van der Waals surface area (Å²) in [6, 6.07) is 11.4. The predicted octanol–water partition coefficient (Wildman–Crippen LogP) is 3.76. The number of sulfonamides is 1. The third kappa shape index (κ3) is 5.10. The Kier molecular flexibility index (Phi) is 7.32. The number of rotatable bonds is 8. The Bertz CT molecular complexity index is 992. The van der Waals surface area contributed by atoms with E-state index in [2.05, 4.69) is 0 Å². The van der Waals surface area contributed by atoms with Gasteiger partial charge in [0.2, 0.25) is 15.8 Å². The molecule has 0 aliphatic rings. The summed E-state index contributed by atoms with van der Waals surface area (Å²) in [4.78, 5) is 25.1. The van der Waals surface area contributed by atoms with Crippen LogP contribution in [0.25, 0.3) is 0 Å². The molecule has 0 fully saturated rings. The van der Waals surface area contributed by atoms with Gasteiger partial charge in [0, 0.05) is 18.7 Å². The first-order valence-electron chi connectivity index (χ1n) is 9.54. The number of carbonyl (C=O) groups excluding carboxylic acids is 2. The molecule has 0 saturated heterocycles. The third-order valence-corrected chi connectivity index (χ3v) is 6.93. The molecule has 6 nitrogen and oxygen atoms in total. The largest absolute Gasteiger partial charge is 0.451 e. The second-order valence-electron chi connectivity index (χ2n) is 6.85. The van der Waals surface area contributed by atoms with Gasteiger partial charge in [0.05, 0.1) is 10.5 Å². The van der Waals surface area contributed by atoms with Crippen LogP contribution in [-0.4, -0.2) is 43.7 Å². The molecule has 2 aromatic carbocycles. The first kappa shape index (κ1) is 22.8. The number of ether oxygens (including phenoxy) is 1. The molecule has 0 bridgehead atoms. The van der Waals surface area contributed by atoms with Gasteiger partial charge in [-0.1, -0.05) is 49.7 Å². The Morgan fingerprint density at radius 1 is 0.966 bits per heavy atom. The molecule has 0 aliphatic heterocycles. The lowest BCUT2D eigenvalue weighted by atomic mass is 10.1. The minimum atomic E-state index is -3.72. The van der Waals surface area contributed by atoms with Gasteiger partial charge in [0.1, 0.15) is 0 Å². The maximum atomic E-state index is 12.9. The summed E-state index contributed by atoms with van der Waals surface area (Å²) >= 11 is 0. The van der Waals surface area contributed by atoms with E-state index < -0.39 is 22.1 Å². The number of nitrogens with zero attached hydrogens (tertiary/aromatic N) is 1. The molecule has 0 aliphatic carbocycles. The average Bonchev–Trinajstić information content (AvgIpc) is 2.68. The number of Topliss-reactive ketones (excluding diaryl/α,β-unsaturated/α-hetero) is 1. The number of esters is 1. The minimum absolute atomic E-state index is 0.0631. The van der Waals surface area contributed by atoms with E-state index >= 15 is 0 Å². The van der Waals surface area contributed by atoms with E-state index in [9.17, 15) is 18.0 Å². The molecule has 0 spiro atoms. The Morgan fingerprint density at radius 3 is 2.07 bits per heavy atom. The number of hydrogen-bond acceptors (Lipinski definition) is 5. The van der Waals surface area contributed by atoms with Crippen molar-refractivity contribution in [2.45, 2.75) is 45.6 Å². The number of aryl methyl sites for hydroxylation is 2. The highest BCUT2D eigenvalue weighted by Crippen LogP contribution is 2.22. The van der Waals surface area contributed by atoms with Gasteiger partial charge in [0.15, 0.2) is 6.10 Å². The summed E-state index contributed by atoms with van der Waals surface area (Å²) in [5.41, 5.74) is 2.10. The zero-order chi connectivity index (χ0) is 21.8. The summed E-state index contributed by atoms with van der Waals surface area (Å²) in [6.45, 7) is 9.26. The first-order chi connectivity index (χ1) is 13.6. The van der Waals surface area contributed by atoms with Crippen LogP contribution in [0, 0.1) is 13.8 Å². The van der Waals surface area contributed by atoms with Gasteiger partial charge in [0.25, 0.3) is 0 Å². The van der Waals surface area contributed by atoms with Crippen molar-refractivity contribution in [1.82, 2.24) is 4.31 Å². The predicted molar refractivity (Wildman–Crippen MR) is 112 cm³/mol. The van der Waals surface area contributed by atoms with Crippen molar-refractivity contribution in [2.24, 2.45) is 0 Å². The number of hydrogen-bond donors (Lipinski definition) is 0. The van der Waals surface area contributed by atoms with Crippen molar-refractivity contribution in [2.75, 3.05) is 13.1 Å². The Labute approximate surface area is 172 Å². The van der Waals surface area contributed by atoms with Crippen LogP contribution in [0.4, 0.5) is 0 Å². The first-order valence-corrected chi connectivity index (χ1v) is 11.0. The monoisotopic (exact) mass is 417 g/mol. The fraction of sp³-hybridized carbons (Fsp3) is 0.364. The summed E-state index contributed by atoms with van der Waals surface area (Å²) < 4.78 is 32.3. The van der Waals surface area contributed by atoms with Crippen LogP contribution in [-0.2, 0) is 14.8 Å². The lowest BCUT2D eigenvalue weighted by molar-refractivity contribution is 0.0318. The lowest BCUT2D eigenvalue weighted by Crippen LogP contribution is -2.31. The summed E-state index contributed by atoms with van der Waals surface area (Å²) in [5.74, 6) is -1.06. The fourth-order valence-corrected chi connectivity index (χ4v) is 4.65. The van der Waals surface area contributed by atoms with Gasteiger partial charge >= 0.3 is 5.97 Å². The van der Waals surface area contributed by atoms with E-state index in [1.165, 1.54) is 23.4 Å². The van der Waals surface area contributed by atoms with Crippen LogP contribution < -0.4 is 0 Å². The molecule has 0 heterocycles. The molecule has 2 rings (SSSR count). The quantitative estimate of drug-likeness (QED) is 0.483. The van der Waals surface area contributed by atoms with Crippen molar-refractivity contribution in [3.05, 3.63) is 64.7 Å². The van der Waals surface area contributed by atoms with Gasteiger partial charge in [-0.3, -0.25) is 4.79 Å². The van der Waals surface area contributed by atoms with Crippen LogP contribution in [0.3, 0.4) is 0 Å². The molecular weight excluding hydrogens is 390 g/mol. The third-order valence-electron chi connectivity index (χ3n) is 4.74. The molecular formula is C22H27NO5S. The highest BCUT2D eigenvalue weighted by atomic mass is 32.2. The summed E-state index contributed by atoms with van der Waals surface area (Å²) in [7, 11) is -3.72. The normalized spacial score (nSPS) is 12.6. The average molecular weight is 418 g/mol. The van der Waals surface area contributed by atoms with Crippen molar-refractivity contribution >= 4 is 21.8 Å². The van der Waals surface area contributed by atoms with E-state index in [1.807, 2.05) is 19.1 Å². The van der Waals surface area contributed by atoms with Gasteiger partial charge in [-0.25, -0.2) is 13.2 Å². The Balaban J connectivity index is 2.25. The molecule has 0 aromatic heterocycles. The van der Waals surface area contributed by atoms with Crippen LogP contribution in [0.1, 0.15) is 52.6 Å². The van der Waals surface area contributed by atoms with E-state index in [0.29, 0.717) is 24.2 Å². The zero-order valence-corrected chi connectivity index (χ0v) is 18.2. The molecule has 0 unspecified atom stereocenters. The van der Waals surface area contributed by atoms with Crippen LogP contribution in [0.5, 0.6) is 0 Å². The maximum absolute atomic E-state index is 12.9. The summed E-state index contributed by atoms with van der Waals surface area (Å²) in [6.07, 6.45) is -0.991. The van der Waals surface area contributed by atoms with Crippen LogP contribution in [0.15, 0.2) is 47.4 Å². The topological polar surface area (TPSA) is 80.8 Å². The SMILES string of the molecule is CCN(CC)S(=O)(=O)c1cc(C(=O)O[C@@H](C)C(=O)c2ccc(C)cc2)ccc1C. The van der Waals surface area contributed by atoms with E-state index in [-0.39, 0.29) is 16.2 Å². The number of benzene rings is 2. The molecule has 2 aromatic rings. The number of carbonyl (C=O) groups is 2. The van der Waals surface area contributed by atoms with Gasteiger partial charge < -0.3 is 4.74 Å². The zero-order valence-electron chi connectivity index (χ0n) is 17.4. The van der Waals surface area contributed by atoms with E-state index in [0.717, 1.165) is 5.56 Å². The van der Waals surface area contributed by atoms with E-state index in [1.54, 1.807) is 39.0 Å². The van der Waals surface area contributed by atoms with Crippen molar-refractivity contribution in [3.8, 4) is 0 Å². The van der Waals surface area contributed by atoms with Crippen LogP contribution >= 0.6 is 0 Å².